The quantitative estimate of drug-likeness (QED) is 0.787. The first-order valence-electron chi connectivity index (χ1n) is 8.48. The number of benzene rings is 1. The molecule has 0 saturated heterocycles. The molecule has 2 rings (SSSR count). The highest BCUT2D eigenvalue weighted by atomic mass is 16.3. The van der Waals surface area contributed by atoms with Crippen LogP contribution in [-0.4, -0.2) is 27.5 Å². The molecule has 1 aromatic heterocycles. The van der Waals surface area contributed by atoms with Crippen LogP contribution >= 0.6 is 0 Å². The first kappa shape index (κ1) is 17.7. The van der Waals surface area contributed by atoms with Gasteiger partial charge in [0.15, 0.2) is 0 Å². The van der Waals surface area contributed by atoms with Crippen LogP contribution in [0.1, 0.15) is 42.8 Å². The van der Waals surface area contributed by atoms with Crippen LogP contribution in [0.4, 0.5) is 0 Å². The summed E-state index contributed by atoms with van der Waals surface area (Å²) in [6.07, 6.45) is 0.704. The minimum Gasteiger partial charge on any atom is -0.392 e. The summed E-state index contributed by atoms with van der Waals surface area (Å²) in [5, 5.41) is 18.1. The predicted molar refractivity (Wildman–Crippen MR) is 94.4 cm³/mol. The zero-order chi connectivity index (χ0) is 16.8. The third-order valence-corrected chi connectivity index (χ3v) is 4.66. The summed E-state index contributed by atoms with van der Waals surface area (Å²) in [4.78, 5) is 0. The van der Waals surface area contributed by atoms with Crippen molar-refractivity contribution < 1.29 is 5.11 Å². The van der Waals surface area contributed by atoms with Crippen LogP contribution < -0.4 is 5.32 Å². The van der Waals surface area contributed by atoms with Crippen molar-refractivity contribution in [2.24, 2.45) is 5.92 Å². The monoisotopic (exact) mass is 315 g/mol. The normalized spacial score (nSPS) is 14.0. The van der Waals surface area contributed by atoms with Gasteiger partial charge in [0.05, 0.1) is 18.3 Å². The number of aryl methyl sites for hydroxylation is 1. The van der Waals surface area contributed by atoms with E-state index in [0.717, 1.165) is 25.2 Å². The average Bonchev–Trinajstić information content (AvgIpc) is 2.82. The lowest BCUT2D eigenvalue weighted by molar-refractivity contribution is 0.112. The Morgan fingerprint density at radius 3 is 2.57 bits per heavy atom. The molecule has 2 aromatic rings. The van der Waals surface area contributed by atoms with Crippen molar-refractivity contribution in [3.05, 3.63) is 52.8 Å². The van der Waals surface area contributed by atoms with Crippen LogP contribution in [0.2, 0.25) is 0 Å². The number of aliphatic hydroxyl groups is 1. The van der Waals surface area contributed by atoms with Gasteiger partial charge in [-0.15, -0.1) is 0 Å². The third kappa shape index (κ3) is 4.66. The van der Waals surface area contributed by atoms with E-state index in [0.29, 0.717) is 12.5 Å². The van der Waals surface area contributed by atoms with Gasteiger partial charge in [0.1, 0.15) is 0 Å². The van der Waals surface area contributed by atoms with Crippen LogP contribution in [0.5, 0.6) is 0 Å². The summed E-state index contributed by atoms with van der Waals surface area (Å²) in [5.74, 6) is 0.325. The SMILES string of the molecule is CCC(C)C(O)CNCc1c(C)nn(Cc2ccccc2)c1C. The zero-order valence-corrected chi connectivity index (χ0v) is 14.7. The summed E-state index contributed by atoms with van der Waals surface area (Å²) >= 11 is 0. The highest BCUT2D eigenvalue weighted by molar-refractivity contribution is 5.26. The van der Waals surface area contributed by atoms with Gasteiger partial charge in [-0.3, -0.25) is 4.68 Å². The maximum atomic E-state index is 10.1. The molecule has 2 N–H and O–H groups in total. The Balaban J connectivity index is 1.98. The summed E-state index contributed by atoms with van der Waals surface area (Å²) in [6.45, 7) is 10.5. The predicted octanol–water partition coefficient (Wildman–Crippen LogP) is 3.04. The number of nitrogens with zero attached hydrogens (tertiary/aromatic N) is 2. The Hall–Kier alpha value is -1.65. The molecule has 2 unspecified atom stereocenters. The number of rotatable bonds is 8. The molecule has 0 aliphatic carbocycles. The first-order valence-corrected chi connectivity index (χ1v) is 8.48. The van der Waals surface area contributed by atoms with Crippen molar-refractivity contribution in [3.8, 4) is 0 Å². The summed E-state index contributed by atoms with van der Waals surface area (Å²) in [6, 6.07) is 10.4. The van der Waals surface area contributed by atoms with Gasteiger partial charge in [-0.1, -0.05) is 50.6 Å². The van der Waals surface area contributed by atoms with Gasteiger partial charge >= 0.3 is 0 Å². The molecule has 23 heavy (non-hydrogen) atoms. The molecule has 4 nitrogen and oxygen atoms in total. The highest BCUT2D eigenvalue weighted by Crippen LogP contribution is 2.15. The standard InChI is InChI=1S/C19H29N3O/c1-5-14(2)19(23)12-20-11-18-15(3)21-22(16(18)4)13-17-9-7-6-8-10-17/h6-10,14,19-20,23H,5,11-13H2,1-4H3. The van der Waals surface area contributed by atoms with Gasteiger partial charge in [0.25, 0.3) is 0 Å². The second-order valence-corrected chi connectivity index (χ2v) is 6.38. The van der Waals surface area contributed by atoms with Crippen molar-refractivity contribution >= 4 is 0 Å². The first-order chi connectivity index (χ1) is 11.0. The van der Waals surface area contributed by atoms with Crippen LogP contribution in [0.25, 0.3) is 0 Å². The number of aromatic nitrogens is 2. The van der Waals surface area contributed by atoms with E-state index in [4.69, 9.17) is 0 Å². The van der Waals surface area contributed by atoms with E-state index < -0.39 is 0 Å². The molecular formula is C19H29N3O. The number of hydrogen-bond acceptors (Lipinski definition) is 3. The lowest BCUT2D eigenvalue weighted by Crippen LogP contribution is -2.31. The van der Waals surface area contributed by atoms with Gasteiger partial charge < -0.3 is 10.4 Å². The van der Waals surface area contributed by atoms with Gasteiger partial charge in [-0.05, 0) is 25.3 Å². The molecular weight excluding hydrogens is 286 g/mol. The number of nitrogens with one attached hydrogen (secondary N) is 1. The molecule has 4 heteroatoms. The molecule has 0 fully saturated rings. The molecule has 0 aliphatic rings. The smallest absolute Gasteiger partial charge is 0.0690 e. The van der Waals surface area contributed by atoms with Crippen molar-refractivity contribution in [2.75, 3.05) is 6.54 Å². The molecule has 126 valence electrons. The molecule has 0 amide bonds. The van der Waals surface area contributed by atoms with Gasteiger partial charge in [0, 0.05) is 24.3 Å². The molecule has 0 bridgehead atoms. The van der Waals surface area contributed by atoms with Crippen molar-refractivity contribution in [2.45, 2.75) is 53.3 Å². The maximum absolute atomic E-state index is 10.1. The fraction of sp³-hybridized carbons (Fsp3) is 0.526. The summed E-state index contributed by atoms with van der Waals surface area (Å²) < 4.78 is 2.06. The minimum absolute atomic E-state index is 0.292. The second kappa shape index (κ2) is 8.27. The van der Waals surface area contributed by atoms with E-state index in [1.54, 1.807) is 0 Å². The molecule has 1 heterocycles. The van der Waals surface area contributed by atoms with Crippen LogP contribution in [-0.2, 0) is 13.1 Å². The lowest BCUT2D eigenvalue weighted by atomic mass is 10.0. The Bertz CT molecular complexity index is 607. The Morgan fingerprint density at radius 2 is 1.91 bits per heavy atom. The van der Waals surface area contributed by atoms with E-state index in [1.807, 2.05) is 6.07 Å². The second-order valence-electron chi connectivity index (χ2n) is 6.38. The fourth-order valence-corrected chi connectivity index (χ4v) is 2.72. The van der Waals surface area contributed by atoms with Gasteiger partial charge in [0.2, 0.25) is 0 Å². The number of hydrogen-bond donors (Lipinski definition) is 2. The molecule has 0 radical (unpaired) electrons. The van der Waals surface area contributed by atoms with E-state index in [9.17, 15) is 5.11 Å². The van der Waals surface area contributed by atoms with Crippen molar-refractivity contribution in [3.63, 3.8) is 0 Å². The number of aliphatic hydroxyl groups excluding tert-OH is 1. The van der Waals surface area contributed by atoms with E-state index in [2.05, 4.69) is 67.1 Å². The summed E-state index contributed by atoms with van der Waals surface area (Å²) in [5.41, 5.74) is 4.74. The van der Waals surface area contributed by atoms with Crippen molar-refractivity contribution in [1.82, 2.24) is 15.1 Å². The van der Waals surface area contributed by atoms with Gasteiger partial charge in [-0.25, -0.2) is 0 Å². The maximum Gasteiger partial charge on any atom is 0.0690 e. The van der Waals surface area contributed by atoms with Gasteiger partial charge in [-0.2, -0.15) is 5.10 Å². The lowest BCUT2D eigenvalue weighted by Gasteiger charge is -2.17. The average molecular weight is 315 g/mol. The van der Waals surface area contributed by atoms with E-state index >= 15 is 0 Å². The molecule has 2 atom stereocenters. The third-order valence-electron chi connectivity index (χ3n) is 4.66. The van der Waals surface area contributed by atoms with Crippen molar-refractivity contribution in [1.29, 1.82) is 0 Å². The van der Waals surface area contributed by atoms with Crippen LogP contribution in [0.15, 0.2) is 30.3 Å². The Kier molecular flexibility index (Phi) is 6.37. The Morgan fingerprint density at radius 1 is 1.22 bits per heavy atom. The van der Waals surface area contributed by atoms with Crippen LogP contribution in [0, 0.1) is 19.8 Å². The zero-order valence-electron chi connectivity index (χ0n) is 14.7. The minimum atomic E-state index is -0.292. The molecule has 0 saturated carbocycles. The Labute approximate surface area is 139 Å². The molecule has 0 spiro atoms. The largest absolute Gasteiger partial charge is 0.392 e. The van der Waals surface area contributed by atoms with E-state index in [-0.39, 0.29) is 6.10 Å². The topological polar surface area (TPSA) is 50.1 Å². The summed E-state index contributed by atoms with van der Waals surface area (Å²) in [7, 11) is 0. The van der Waals surface area contributed by atoms with E-state index in [1.165, 1.54) is 16.8 Å². The van der Waals surface area contributed by atoms with Crippen LogP contribution in [0.3, 0.4) is 0 Å². The highest BCUT2D eigenvalue weighted by Gasteiger charge is 2.14. The fourth-order valence-electron chi connectivity index (χ4n) is 2.72. The molecule has 1 aromatic carbocycles. The molecule has 0 aliphatic heterocycles.